The van der Waals surface area contributed by atoms with Crippen LogP contribution >= 0.6 is 7.82 Å². The second-order valence-electron chi connectivity index (χ2n) is 12.9. The van der Waals surface area contributed by atoms with Crippen LogP contribution in [0.1, 0.15) is 156 Å². The Morgan fingerprint density at radius 2 is 1.00 bits per heavy atom. The predicted octanol–water partition coefficient (Wildman–Crippen LogP) is 12.7. The van der Waals surface area contributed by atoms with Crippen LogP contribution in [-0.4, -0.2) is 42.8 Å². The molecule has 0 aliphatic heterocycles. The van der Waals surface area contributed by atoms with Crippen molar-refractivity contribution in [2.24, 2.45) is 0 Å². The van der Waals surface area contributed by atoms with E-state index in [0.29, 0.717) is 6.42 Å². The van der Waals surface area contributed by atoms with E-state index in [2.05, 4.69) is 86.8 Å². The average molecular weight is 761 g/mol. The molecule has 302 valence electrons. The molecule has 9 heteroatoms. The van der Waals surface area contributed by atoms with Crippen LogP contribution in [0.4, 0.5) is 0 Å². The molecule has 0 radical (unpaired) electrons. The third-order valence-corrected chi connectivity index (χ3v) is 9.01. The predicted molar refractivity (Wildman–Crippen MR) is 221 cm³/mol. The zero-order chi connectivity index (χ0) is 38.9. The summed E-state index contributed by atoms with van der Waals surface area (Å²) in [6, 6.07) is 0. The van der Waals surface area contributed by atoms with E-state index in [9.17, 15) is 19.0 Å². The number of unbranched alkanes of at least 4 members (excludes halogenated alkanes) is 10. The first-order valence-electron chi connectivity index (χ1n) is 20.4. The molecule has 0 aromatic rings. The second-order valence-corrected chi connectivity index (χ2v) is 14.4. The Kier molecular flexibility index (Phi) is 36.9. The second kappa shape index (κ2) is 38.9. The number of ether oxygens (including phenoxy) is 2. The Labute approximate surface area is 323 Å². The maximum atomic E-state index is 12.5. The van der Waals surface area contributed by atoms with Gasteiger partial charge in [-0.25, -0.2) is 4.57 Å². The van der Waals surface area contributed by atoms with Gasteiger partial charge in [0.25, 0.3) is 0 Å². The van der Waals surface area contributed by atoms with Crippen LogP contribution in [0.3, 0.4) is 0 Å². The van der Waals surface area contributed by atoms with Gasteiger partial charge >= 0.3 is 19.8 Å². The highest BCUT2D eigenvalue weighted by Gasteiger charge is 2.25. The third-order valence-electron chi connectivity index (χ3n) is 7.95. The number of hydrogen-bond acceptors (Lipinski definition) is 7. The average Bonchev–Trinajstić information content (AvgIpc) is 3.13. The molecule has 0 aromatic heterocycles. The molecule has 0 heterocycles. The first kappa shape index (κ1) is 50.2. The molecule has 0 saturated carbocycles. The van der Waals surface area contributed by atoms with Gasteiger partial charge in [0.15, 0.2) is 6.10 Å². The van der Waals surface area contributed by atoms with Crippen molar-refractivity contribution in [3.63, 3.8) is 0 Å². The van der Waals surface area contributed by atoms with Gasteiger partial charge in [0.1, 0.15) is 6.61 Å². The van der Waals surface area contributed by atoms with Crippen molar-refractivity contribution in [3.8, 4) is 0 Å². The van der Waals surface area contributed by atoms with Gasteiger partial charge < -0.3 is 14.4 Å². The molecule has 0 fully saturated rings. The summed E-state index contributed by atoms with van der Waals surface area (Å²) in [5, 5.41) is 0. The van der Waals surface area contributed by atoms with E-state index in [1.807, 2.05) is 12.2 Å². The van der Waals surface area contributed by atoms with Crippen molar-refractivity contribution < 1.29 is 37.6 Å². The van der Waals surface area contributed by atoms with E-state index < -0.39 is 32.5 Å². The van der Waals surface area contributed by atoms with E-state index in [1.165, 1.54) is 38.5 Å². The topological polar surface area (TPSA) is 108 Å². The summed E-state index contributed by atoms with van der Waals surface area (Å²) in [7, 11) is -4.30. The Morgan fingerprint density at radius 3 is 1.53 bits per heavy atom. The fraction of sp³-hybridized carbons (Fsp3) is 0.636. The van der Waals surface area contributed by atoms with Crippen LogP contribution < -0.4 is 0 Å². The molecular weight excluding hydrogens is 687 g/mol. The maximum Gasteiger partial charge on any atom is 0.472 e. The van der Waals surface area contributed by atoms with E-state index in [0.717, 1.165) is 77.0 Å². The van der Waals surface area contributed by atoms with Gasteiger partial charge in [-0.3, -0.25) is 18.6 Å². The Balaban J connectivity index is 4.29. The summed E-state index contributed by atoms with van der Waals surface area (Å²) >= 11 is 0. The molecule has 0 saturated heterocycles. The molecule has 0 aliphatic rings. The van der Waals surface area contributed by atoms with E-state index in [4.69, 9.17) is 18.5 Å². The number of phosphoric acid groups is 1. The summed E-state index contributed by atoms with van der Waals surface area (Å²) < 4.78 is 32.5. The molecule has 0 spiro atoms. The molecule has 2 atom stereocenters. The Hall–Kier alpha value is -2.77. The summed E-state index contributed by atoms with van der Waals surface area (Å²) in [5.74, 6) is -0.914. The zero-order valence-electron chi connectivity index (χ0n) is 33.4. The zero-order valence-corrected chi connectivity index (χ0v) is 34.3. The normalized spacial score (nSPS) is 14.3. The van der Waals surface area contributed by atoms with Crippen molar-refractivity contribution in [1.29, 1.82) is 0 Å². The van der Waals surface area contributed by atoms with E-state index in [-0.39, 0.29) is 26.1 Å². The molecule has 8 nitrogen and oxygen atoms in total. The molecule has 0 rings (SSSR count). The van der Waals surface area contributed by atoms with Crippen molar-refractivity contribution in [1.82, 2.24) is 0 Å². The minimum absolute atomic E-state index is 0.0188. The first-order valence-corrected chi connectivity index (χ1v) is 21.9. The standard InChI is InChI=1S/C44H73O8P/c1-4-7-9-11-13-15-17-19-21-22-23-24-25-27-29-31-33-35-37-39-44(46)52-42(41-51-53(47,48)50-6-3)40-49-43(45)38-36-34-32-30-28-26-20-18-16-14-12-10-8-5-2/h7,9,13,15,18-21,23-24,27,29,33,35,42H,4-6,8,10-12,14,16-17,22,25-26,28,30-32,34,36-41H2,1-3H3,(H,47,48)/b9-7-,15-13-,20-18-,21-19-,24-23-,29-27-,35-33-. The van der Waals surface area contributed by atoms with Crippen molar-refractivity contribution in [3.05, 3.63) is 85.1 Å². The van der Waals surface area contributed by atoms with Gasteiger partial charge in [0, 0.05) is 12.8 Å². The van der Waals surface area contributed by atoms with Crippen LogP contribution in [-0.2, 0) is 32.7 Å². The third kappa shape index (κ3) is 38.8. The van der Waals surface area contributed by atoms with Gasteiger partial charge in [-0.2, -0.15) is 0 Å². The van der Waals surface area contributed by atoms with Crippen LogP contribution in [0.25, 0.3) is 0 Å². The molecule has 53 heavy (non-hydrogen) atoms. The highest BCUT2D eigenvalue weighted by atomic mass is 31.2. The summed E-state index contributed by atoms with van der Waals surface area (Å²) in [6.45, 7) is 5.23. The van der Waals surface area contributed by atoms with Crippen molar-refractivity contribution in [2.75, 3.05) is 19.8 Å². The Bertz CT molecular complexity index is 1130. The molecule has 1 N–H and O–H groups in total. The van der Waals surface area contributed by atoms with Gasteiger partial charge in [0.2, 0.25) is 0 Å². The number of hydrogen-bond donors (Lipinski definition) is 1. The fourth-order valence-electron chi connectivity index (χ4n) is 5.00. The smallest absolute Gasteiger partial charge is 0.462 e. The minimum atomic E-state index is -4.30. The molecule has 0 amide bonds. The molecule has 0 aromatic carbocycles. The Morgan fingerprint density at radius 1 is 0.528 bits per heavy atom. The van der Waals surface area contributed by atoms with Gasteiger partial charge in [-0.05, 0) is 84.0 Å². The number of allylic oxidation sites excluding steroid dienone is 14. The molecular formula is C44H73O8P. The number of carbonyl (C=O) groups is 2. The molecule has 2 unspecified atom stereocenters. The summed E-state index contributed by atoms with van der Waals surface area (Å²) in [6.07, 6.45) is 49.4. The van der Waals surface area contributed by atoms with Gasteiger partial charge in [0.05, 0.1) is 13.2 Å². The minimum Gasteiger partial charge on any atom is -0.462 e. The van der Waals surface area contributed by atoms with E-state index in [1.54, 1.807) is 6.92 Å². The quantitative estimate of drug-likeness (QED) is 0.0291. The number of rotatable bonds is 36. The lowest BCUT2D eigenvalue weighted by atomic mass is 10.1. The van der Waals surface area contributed by atoms with Crippen molar-refractivity contribution >= 4 is 19.8 Å². The largest absolute Gasteiger partial charge is 0.472 e. The number of esters is 2. The van der Waals surface area contributed by atoms with Gasteiger partial charge in [-0.1, -0.05) is 144 Å². The van der Waals surface area contributed by atoms with Crippen LogP contribution in [0, 0.1) is 0 Å². The SMILES string of the molecule is CC/C=C\C/C=C\C/C=C\C/C=C\C/C=C\C/C=C\CCC(=O)OC(COC(=O)CCCCCCC/C=C\CCCCCCC)COP(=O)(O)OCC. The molecule has 0 bridgehead atoms. The lowest BCUT2D eigenvalue weighted by Gasteiger charge is -2.19. The molecule has 0 aliphatic carbocycles. The maximum absolute atomic E-state index is 12.5. The highest BCUT2D eigenvalue weighted by molar-refractivity contribution is 7.47. The highest BCUT2D eigenvalue weighted by Crippen LogP contribution is 2.43. The van der Waals surface area contributed by atoms with Gasteiger partial charge in [-0.15, -0.1) is 0 Å². The summed E-state index contributed by atoms with van der Waals surface area (Å²) in [4.78, 5) is 34.6. The lowest BCUT2D eigenvalue weighted by Crippen LogP contribution is -2.29. The number of carbonyl (C=O) groups excluding carboxylic acids is 2. The van der Waals surface area contributed by atoms with Crippen LogP contribution in [0.2, 0.25) is 0 Å². The van der Waals surface area contributed by atoms with Crippen LogP contribution in [0.5, 0.6) is 0 Å². The monoisotopic (exact) mass is 761 g/mol. The number of phosphoric ester groups is 1. The lowest BCUT2D eigenvalue weighted by molar-refractivity contribution is -0.161. The van der Waals surface area contributed by atoms with Crippen molar-refractivity contribution in [2.45, 2.75) is 162 Å². The summed E-state index contributed by atoms with van der Waals surface area (Å²) in [5.41, 5.74) is 0. The first-order chi connectivity index (χ1) is 25.8. The van der Waals surface area contributed by atoms with E-state index >= 15 is 0 Å². The fourth-order valence-corrected chi connectivity index (χ4v) is 5.76. The van der Waals surface area contributed by atoms with Crippen LogP contribution in [0.15, 0.2) is 85.1 Å².